The molecule has 1 N–H and O–H groups in total. The van der Waals surface area contributed by atoms with Gasteiger partial charge in [0.25, 0.3) is 0 Å². The fourth-order valence-electron chi connectivity index (χ4n) is 3.78. The number of fused-ring (bicyclic) bond motifs is 3. The van der Waals surface area contributed by atoms with Crippen molar-refractivity contribution in [2.45, 2.75) is 0 Å². The van der Waals surface area contributed by atoms with Gasteiger partial charge in [0.15, 0.2) is 0 Å². The van der Waals surface area contributed by atoms with Crippen LogP contribution in [0.2, 0.25) is 0 Å². The van der Waals surface area contributed by atoms with Crippen LogP contribution in [0, 0.1) is 0 Å². The molecular formula is C25H16N2O2. The fourth-order valence-corrected chi connectivity index (χ4v) is 3.78. The van der Waals surface area contributed by atoms with Gasteiger partial charge in [0.2, 0.25) is 0 Å². The minimum Gasteiger partial charge on any atom is -0.478 e. The standard InChI is InChI=1S/C25H16N2O2/c28-25(29)21-19-14-13-18-12-7-15-26-23(18)24(19)27-22(17-10-5-2-6-11-17)20(21)16-8-3-1-4-9-16/h1-15H,(H,28,29). The first kappa shape index (κ1) is 17.1. The second-order valence-corrected chi connectivity index (χ2v) is 6.78. The van der Waals surface area contributed by atoms with E-state index >= 15 is 0 Å². The lowest BCUT2D eigenvalue weighted by Crippen LogP contribution is -2.05. The van der Waals surface area contributed by atoms with E-state index in [1.807, 2.05) is 84.9 Å². The summed E-state index contributed by atoms with van der Waals surface area (Å²) in [7, 11) is 0. The van der Waals surface area contributed by atoms with Gasteiger partial charge in [-0.15, -0.1) is 0 Å². The molecule has 5 rings (SSSR count). The van der Waals surface area contributed by atoms with Gasteiger partial charge < -0.3 is 5.11 Å². The monoisotopic (exact) mass is 376 g/mol. The number of carboxylic acids is 1. The minimum atomic E-state index is -0.983. The predicted molar refractivity (Wildman–Crippen MR) is 115 cm³/mol. The van der Waals surface area contributed by atoms with Crippen LogP contribution in [-0.2, 0) is 0 Å². The molecular weight excluding hydrogens is 360 g/mol. The molecule has 0 fully saturated rings. The van der Waals surface area contributed by atoms with E-state index in [0.29, 0.717) is 27.7 Å². The highest BCUT2D eigenvalue weighted by Crippen LogP contribution is 2.39. The Bertz CT molecular complexity index is 1360. The number of carboxylic acid groups (broad SMARTS) is 1. The van der Waals surface area contributed by atoms with Gasteiger partial charge in [0, 0.05) is 28.1 Å². The van der Waals surface area contributed by atoms with Crippen molar-refractivity contribution in [3.63, 3.8) is 0 Å². The van der Waals surface area contributed by atoms with Crippen molar-refractivity contribution in [3.05, 3.63) is 96.7 Å². The zero-order chi connectivity index (χ0) is 19.8. The smallest absolute Gasteiger partial charge is 0.337 e. The van der Waals surface area contributed by atoms with Crippen molar-refractivity contribution >= 4 is 27.8 Å². The van der Waals surface area contributed by atoms with Gasteiger partial charge in [0.05, 0.1) is 22.3 Å². The number of rotatable bonds is 3. The van der Waals surface area contributed by atoms with Gasteiger partial charge in [-0.05, 0) is 11.6 Å². The number of aromatic nitrogens is 2. The SMILES string of the molecule is O=C(O)c1c(-c2ccccc2)c(-c2ccccc2)nc2c1ccc1cccnc12. The van der Waals surface area contributed by atoms with Gasteiger partial charge in [-0.25, -0.2) is 9.78 Å². The molecule has 0 bridgehead atoms. The molecule has 0 radical (unpaired) electrons. The first-order valence-corrected chi connectivity index (χ1v) is 9.29. The van der Waals surface area contributed by atoms with Crippen molar-refractivity contribution < 1.29 is 9.90 Å². The Morgan fingerprint density at radius 3 is 2.10 bits per heavy atom. The van der Waals surface area contributed by atoms with Gasteiger partial charge in [-0.3, -0.25) is 4.98 Å². The number of aromatic carboxylic acids is 1. The molecule has 3 aromatic carbocycles. The minimum absolute atomic E-state index is 0.243. The molecule has 29 heavy (non-hydrogen) atoms. The quantitative estimate of drug-likeness (QED) is 0.403. The maximum atomic E-state index is 12.5. The van der Waals surface area contributed by atoms with Gasteiger partial charge in [-0.2, -0.15) is 0 Å². The highest BCUT2D eigenvalue weighted by atomic mass is 16.4. The number of nitrogens with zero attached hydrogens (tertiary/aromatic N) is 2. The lowest BCUT2D eigenvalue weighted by Gasteiger charge is -2.16. The third kappa shape index (κ3) is 2.82. The maximum Gasteiger partial charge on any atom is 0.337 e. The molecule has 0 aliphatic rings. The van der Waals surface area contributed by atoms with E-state index in [9.17, 15) is 9.90 Å². The zero-order valence-corrected chi connectivity index (χ0v) is 15.4. The Balaban J connectivity index is 2.02. The van der Waals surface area contributed by atoms with Crippen LogP contribution in [0.1, 0.15) is 10.4 Å². The summed E-state index contributed by atoms with van der Waals surface area (Å²) >= 11 is 0. The van der Waals surface area contributed by atoms with Gasteiger partial charge in [-0.1, -0.05) is 78.9 Å². The summed E-state index contributed by atoms with van der Waals surface area (Å²) in [6.07, 6.45) is 1.71. The molecule has 138 valence electrons. The molecule has 4 nitrogen and oxygen atoms in total. The number of benzene rings is 3. The number of pyridine rings is 2. The number of hydrogen-bond acceptors (Lipinski definition) is 3. The number of hydrogen-bond donors (Lipinski definition) is 1. The average molecular weight is 376 g/mol. The largest absolute Gasteiger partial charge is 0.478 e. The summed E-state index contributed by atoms with van der Waals surface area (Å²) in [5, 5.41) is 11.7. The Morgan fingerprint density at radius 1 is 0.724 bits per heavy atom. The van der Waals surface area contributed by atoms with Crippen LogP contribution in [-0.4, -0.2) is 21.0 Å². The van der Waals surface area contributed by atoms with Crippen molar-refractivity contribution in [1.29, 1.82) is 0 Å². The van der Waals surface area contributed by atoms with E-state index in [-0.39, 0.29) is 5.56 Å². The van der Waals surface area contributed by atoms with E-state index in [2.05, 4.69) is 4.98 Å². The summed E-state index contributed by atoms with van der Waals surface area (Å²) in [5.74, 6) is -0.983. The molecule has 0 atom stereocenters. The van der Waals surface area contributed by atoms with E-state index in [1.54, 1.807) is 6.20 Å². The summed E-state index contributed by atoms with van der Waals surface area (Å²) in [6.45, 7) is 0. The molecule has 0 saturated carbocycles. The van der Waals surface area contributed by atoms with Crippen LogP contribution in [0.25, 0.3) is 44.2 Å². The molecule has 0 saturated heterocycles. The van der Waals surface area contributed by atoms with Crippen molar-refractivity contribution in [2.24, 2.45) is 0 Å². The fraction of sp³-hybridized carbons (Fsp3) is 0. The van der Waals surface area contributed by atoms with Crippen molar-refractivity contribution in [3.8, 4) is 22.4 Å². The van der Waals surface area contributed by atoms with Crippen molar-refractivity contribution in [1.82, 2.24) is 9.97 Å². The molecule has 2 heterocycles. The second kappa shape index (κ2) is 6.84. The Hall–Kier alpha value is -4.05. The van der Waals surface area contributed by atoms with E-state index in [1.165, 1.54) is 0 Å². The summed E-state index contributed by atoms with van der Waals surface area (Å²) < 4.78 is 0. The van der Waals surface area contributed by atoms with Gasteiger partial charge >= 0.3 is 5.97 Å². The van der Waals surface area contributed by atoms with E-state index in [4.69, 9.17) is 4.98 Å². The maximum absolute atomic E-state index is 12.5. The Morgan fingerprint density at radius 2 is 1.41 bits per heavy atom. The normalized spacial score (nSPS) is 11.0. The summed E-state index contributed by atoms with van der Waals surface area (Å²) in [5.41, 5.74) is 4.48. The third-order valence-electron chi connectivity index (χ3n) is 5.05. The zero-order valence-electron chi connectivity index (χ0n) is 15.4. The molecule has 0 unspecified atom stereocenters. The molecule has 0 aliphatic carbocycles. The highest BCUT2D eigenvalue weighted by Gasteiger charge is 2.23. The predicted octanol–water partition coefficient (Wildman–Crippen LogP) is 5.82. The first-order chi connectivity index (χ1) is 14.2. The van der Waals surface area contributed by atoms with Crippen LogP contribution in [0.4, 0.5) is 0 Å². The molecule has 5 aromatic rings. The van der Waals surface area contributed by atoms with Crippen LogP contribution < -0.4 is 0 Å². The second-order valence-electron chi connectivity index (χ2n) is 6.78. The lowest BCUT2D eigenvalue weighted by molar-refractivity contribution is 0.0700. The van der Waals surface area contributed by atoms with Crippen molar-refractivity contribution in [2.75, 3.05) is 0 Å². The van der Waals surface area contributed by atoms with Crippen LogP contribution in [0.3, 0.4) is 0 Å². The van der Waals surface area contributed by atoms with Crippen LogP contribution in [0.15, 0.2) is 91.1 Å². The Labute approximate surface area is 167 Å². The molecule has 2 aromatic heterocycles. The number of carbonyl (C=O) groups is 1. The summed E-state index contributed by atoms with van der Waals surface area (Å²) in [6, 6.07) is 26.8. The Kier molecular flexibility index (Phi) is 4.03. The first-order valence-electron chi connectivity index (χ1n) is 9.29. The van der Waals surface area contributed by atoms with E-state index in [0.717, 1.165) is 16.5 Å². The topological polar surface area (TPSA) is 63.1 Å². The third-order valence-corrected chi connectivity index (χ3v) is 5.05. The average Bonchev–Trinajstić information content (AvgIpc) is 2.78. The van der Waals surface area contributed by atoms with Crippen LogP contribution >= 0.6 is 0 Å². The summed E-state index contributed by atoms with van der Waals surface area (Å²) in [4.78, 5) is 21.9. The lowest BCUT2D eigenvalue weighted by atomic mass is 9.91. The van der Waals surface area contributed by atoms with E-state index < -0.39 is 5.97 Å². The highest BCUT2D eigenvalue weighted by molar-refractivity contribution is 6.16. The molecule has 0 amide bonds. The van der Waals surface area contributed by atoms with Crippen LogP contribution in [0.5, 0.6) is 0 Å². The molecule has 0 spiro atoms. The van der Waals surface area contributed by atoms with Gasteiger partial charge in [0.1, 0.15) is 0 Å². The molecule has 4 heteroatoms. The molecule has 0 aliphatic heterocycles.